The SMILES string of the molecule is COC(=O)[C@]12CC[C@@H](C)[C@H](C)C1C1=CCC3[C@@]4(C)CCC(O)C(C)(CO)C4CC[C@@]3(C)[C@]1(C)CC2. The molecular weight excluding hydrogens is 436 g/mol. The van der Waals surface area contributed by atoms with Crippen LogP contribution in [0.15, 0.2) is 11.6 Å². The molecule has 0 spiro atoms. The maximum absolute atomic E-state index is 13.4. The van der Waals surface area contributed by atoms with Gasteiger partial charge in [0.2, 0.25) is 0 Å². The van der Waals surface area contributed by atoms with Crippen molar-refractivity contribution in [3.05, 3.63) is 11.6 Å². The number of hydrogen-bond donors (Lipinski definition) is 2. The van der Waals surface area contributed by atoms with Crippen molar-refractivity contribution in [2.75, 3.05) is 13.7 Å². The molecule has 4 heteroatoms. The average molecular weight is 487 g/mol. The Morgan fingerprint density at radius 2 is 1.71 bits per heavy atom. The molecule has 5 aliphatic carbocycles. The summed E-state index contributed by atoms with van der Waals surface area (Å²) < 4.78 is 5.50. The Labute approximate surface area is 213 Å². The first kappa shape index (κ1) is 25.8. The zero-order chi connectivity index (χ0) is 25.6. The second-order valence-electron chi connectivity index (χ2n) is 14.5. The maximum Gasteiger partial charge on any atom is 0.312 e. The maximum atomic E-state index is 13.4. The summed E-state index contributed by atoms with van der Waals surface area (Å²) in [5, 5.41) is 21.4. The minimum absolute atomic E-state index is 0.0205. The van der Waals surface area contributed by atoms with Gasteiger partial charge in [0.25, 0.3) is 0 Å². The quantitative estimate of drug-likeness (QED) is 0.363. The predicted molar refractivity (Wildman–Crippen MR) is 138 cm³/mol. The van der Waals surface area contributed by atoms with Crippen molar-refractivity contribution in [2.24, 2.45) is 56.7 Å². The topological polar surface area (TPSA) is 66.8 Å². The number of hydrogen-bond acceptors (Lipinski definition) is 4. The molecule has 198 valence electrons. The highest BCUT2D eigenvalue weighted by atomic mass is 16.5. The van der Waals surface area contributed by atoms with Crippen LogP contribution in [0.5, 0.6) is 0 Å². The summed E-state index contributed by atoms with van der Waals surface area (Å²) in [5.74, 6) is 2.26. The van der Waals surface area contributed by atoms with E-state index in [1.807, 2.05) is 0 Å². The summed E-state index contributed by atoms with van der Waals surface area (Å²) >= 11 is 0. The number of allylic oxidation sites excluding steroid dienone is 2. The molecule has 0 aromatic heterocycles. The van der Waals surface area contributed by atoms with E-state index >= 15 is 0 Å². The van der Waals surface area contributed by atoms with Gasteiger partial charge in [-0.05, 0) is 104 Å². The van der Waals surface area contributed by atoms with E-state index in [4.69, 9.17) is 4.74 Å². The molecule has 2 N–H and O–H groups in total. The van der Waals surface area contributed by atoms with Gasteiger partial charge in [0.15, 0.2) is 0 Å². The number of carbonyl (C=O) groups is 1. The van der Waals surface area contributed by atoms with Crippen LogP contribution in [-0.4, -0.2) is 36.0 Å². The van der Waals surface area contributed by atoms with Gasteiger partial charge in [-0.3, -0.25) is 4.79 Å². The highest BCUT2D eigenvalue weighted by Crippen LogP contribution is 2.75. The predicted octanol–water partition coefficient (Wildman–Crippen LogP) is 6.15. The zero-order valence-electron chi connectivity index (χ0n) is 23.3. The molecule has 4 nitrogen and oxygen atoms in total. The Hall–Kier alpha value is -0.870. The molecule has 0 bridgehead atoms. The van der Waals surface area contributed by atoms with E-state index in [2.05, 4.69) is 47.6 Å². The van der Waals surface area contributed by atoms with Crippen LogP contribution in [-0.2, 0) is 9.53 Å². The Bertz CT molecular complexity index is 912. The van der Waals surface area contributed by atoms with Crippen molar-refractivity contribution >= 4 is 5.97 Å². The first-order valence-corrected chi connectivity index (χ1v) is 14.4. The number of aliphatic hydroxyl groups is 2. The summed E-state index contributed by atoms with van der Waals surface area (Å²) in [6.45, 7) is 14.5. The Kier molecular flexibility index (Phi) is 5.94. The van der Waals surface area contributed by atoms with Gasteiger partial charge in [0, 0.05) is 5.41 Å². The lowest BCUT2D eigenvalue weighted by Gasteiger charge is -2.71. The molecule has 5 rings (SSSR count). The second-order valence-corrected chi connectivity index (χ2v) is 14.5. The zero-order valence-corrected chi connectivity index (χ0v) is 23.3. The van der Waals surface area contributed by atoms with E-state index in [1.165, 1.54) is 0 Å². The second kappa shape index (κ2) is 8.06. The first-order valence-electron chi connectivity index (χ1n) is 14.4. The smallest absolute Gasteiger partial charge is 0.312 e. The lowest BCUT2D eigenvalue weighted by Crippen LogP contribution is -2.66. The van der Waals surface area contributed by atoms with Gasteiger partial charge in [0.05, 0.1) is 25.2 Å². The fraction of sp³-hybridized carbons (Fsp3) is 0.903. The number of fused-ring (bicyclic) bond motifs is 7. The molecule has 0 aliphatic heterocycles. The molecule has 5 unspecified atom stereocenters. The number of carbonyl (C=O) groups excluding carboxylic acids is 1. The van der Waals surface area contributed by atoms with Gasteiger partial charge in [-0.25, -0.2) is 0 Å². The van der Waals surface area contributed by atoms with E-state index in [0.29, 0.717) is 23.7 Å². The van der Waals surface area contributed by atoms with Crippen LogP contribution in [0.2, 0.25) is 0 Å². The Balaban J connectivity index is 1.61. The number of methoxy groups -OCH3 is 1. The fourth-order valence-corrected chi connectivity index (χ4v) is 11.1. The van der Waals surface area contributed by atoms with Crippen molar-refractivity contribution in [1.82, 2.24) is 0 Å². The van der Waals surface area contributed by atoms with Crippen LogP contribution < -0.4 is 0 Å². The highest BCUT2D eigenvalue weighted by molar-refractivity contribution is 5.78. The monoisotopic (exact) mass is 486 g/mol. The molecule has 0 radical (unpaired) electrons. The number of rotatable bonds is 2. The molecule has 0 amide bonds. The van der Waals surface area contributed by atoms with Crippen molar-refractivity contribution in [3.63, 3.8) is 0 Å². The molecular formula is C31H50O4. The minimum Gasteiger partial charge on any atom is -0.469 e. The third-order valence-corrected chi connectivity index (χ3v) is 13.7. The Morgan fingerprint density at radius 1 is 1.00 bits per heavy atom. The van der Waals surface area contributed by atoms with Crippen LogP contribution in [0.25, 0.3) is 0 Å². The first-order chi connectivity index (χ1) is 16.4. The largest absolute Gasteiger partial charge is 0.469 e. The molecule has 0 heterocycles. The van der Waals surface area contributed by atoms with Crippen LogP contribution in [0.4, 0.5) is 0 Å². The minimum atomic E-state index is -0.418. The van der Waals surface area contributed by atoms with Crippen molar-refractivity contribution in [1.29, 1.82) is 0 Å². The number of aliphatic hydroxyl groups excluding tert-OH is 2. The average Bonchev–Trinajstić information content (AvgIpc) is 2.83. The van der Waals surface area contributed by atoms with E-state index in [0.717, 1.165) is 57.8 Å². The number of esters is 1. The van der Waals surface area contributed by atoms with Gasteiger partial charge in [-0.15, -0.1) is 0 Å². The van der Waals surface area contributed by atoms with Crippen molar-refractivity contribution < 1.29 is 19.7 Å². The summed E-state index contributed by atoms with van der Waals surface area (Å²) in [6.07, 6.45) is 11.3. The van der Waals surface area contributed by atoms with E-state index in [1.54, 1.807) is 12.7 Å². The third-order valence-electron chi connectivity index (χ3n) is 13.7. The lowest BCUT2D eigenvalue weighted by molar-refractivity contribution is -0.217. The van der Waals surface area contributed by atoms with E-state index in [-0.39, 0.29) is 40.2 Å². The summed E-state index contributed by atoms with van der Waals surface area (Å²) in [5.41, 5.74) is 1.12. The standard InChI is InChI=1S/C31H50O4/c1-19-10-15-31(26(34)35-7)17-16-29(5)21(25(31)20(19)2)8-9-23-27(3)13-12-24(33)28(4,18-32)22(27)11-14-30(23,29)6/h8,19-20,22-25,32-33H,9-18H2,1-7H3/t19-,20+,22?,23?,24?,25?,27+,28?,29-,30-,31+/m1/s1. The van der Waals surface area contributed by atoms with Crippen molar-refractivity contribution in [3.8, 4) is 0 Å². The molecule has 0 aromatic carbocycles. The van der Waals surface area contributed by atoms with Crippen LogP contribution in [0, 0.1) is 56.7 Å². The van der Waals surface area contributed by atoms with Crippen LogP contribution in [0.3, 0.4) is 0 Å². The highest BCUT2D eigenvalue weighted by Gasteiger charge is 2.70. The van der Waals surface area contributed by atoms with Gasteiger partial charge >= 0.3 is 5.97 Å². The molecule has 4 saturated carbocycles. The lowest BCUT2D eigenvalue weighted by atomic mass is 9.33. The molecule has 0 saturated heterocycles. The molecule has 0 aromatic rings. The van der Waals surface area contributed by atoms with Crippen LogP contribution >= 0.6 is 0 Å². The molecule has 4 fully saturated rings. The van der Waals surface area contributed by atoms with E-state index < -0.39 is 11.5 Å². The Morgan fingerprint density at radius 3 is 2.37 bits per heavy atom. The summed E-state index contributed by atoms with van der Waals surface area (Å²) in [4.78, 5) is 13.4. The number of ether oxygens (including phenoxy) is 1. The summed E-state index contributed by atoms with van der Waals surface area (Å²) in [7, 11) is 1.58. The summed E-state index contributed by atoms with van der Waals surface area (Å²) in [6, 6.07) is 0. The third kappa shape index (κ3) is 3.02. The normalized spacial score (nSPS) is 55.5. The van der Waals surface area contributed by atoms with Crippen LogP contribution in [0.1, 0.15) is 99.3 Å². The van der Waals surface area contributed by atoms with E-state index in [9.17, 15) is 15.0 Å². The molecule has 11 atom stereocenters. The fourth-order valence-electron chi connectivity index (χ4n) is 11.1. The van der Waals surface area contributed by atoms with Gasteiger partial charge < -0.3 is 14.9 Å². The molecule has 35 heavy (non-hydrogen) atoms. The van der Waals surface area contributed by atoms with Gasteiger partial charge in [0.1, 0.15) is 0 Å². The molecule has 5 aliphatic rings. The van der Waals surface area contributed by atoms with Crippen molar-refractivity contribution in [2.45, 2.75) is 105 Å². The van der Waals surface area contributed by atoms with Gasteiger partial charge in [-0.1, -0.05) is 53.2 Å². The van der Waals surface area contributed by atoms with Gasteiger partial charge in [-0.2, -0.15) is 0 Å².